The van der Waals surface area contributed by atoms with Gasteiger partial charge in [-0.1, -0.05) is 11.6 Å². The van der Waals surface area contributed by atoms with Crippen LogP contribution in [0.4, 0.5) is 5.69 Å². The average Bonchev–Trinajstić information content (AvgIpc) is 2.14. The SMILES string of the molecule is CC1(O)CN(c2ccc(Cl)cc2C#N)C1. The first kappa shape index (κ1) is 10.3. The van der Waals surface area contributed by atoms with Crippen molar-refractivity contribution in [3.63, 3.8) is 0 Å². The van der Waals surface area contributed by atoms with Crippen molar-refractivity contribution in [2.75, 3.05) is 18.0 Å². The highest BCUT2D eigenvalue weighted by atomic mass is 35.5. The fourth-order valence-electron chi connectivity index (χ4n) is 1.82. The molecule has 4 heteroatoms. The number of nitrogens with zero attached hydrogens (tertiary/aromatic N) is 2. The third-order valence-corrected chi connectivity index (χ3v) is 2.72. The number of aliphatic hydroxyl groups is 1. The Hall–Kier alpha value is -1.24. The van der Waals surface area contributed by atoms with E-state index in [1.807, 2.05) is 11.0 Å². The molecule has 0 unspecified atom stereocenters. The van der Waals surface area contributed by atoms with E-state index in [0.717, 1.165) is 5.69 Å². The lowest BCUT2D eigenvalue weighted by Gasteiger charge is -2.46. The number of hydrogen-bond donors (Lipinski definition) is 1. The van der Waals surface area contributed by atoms with Crippen molar-refractivity contribution in [1.29, 1.82) is 5.26 Å². The summed E-state index contributed by atoms with van der Waals surface area (Å²) in [4.78, 5) is 1.97. The maximum Gasteiger partial charge on any atom is 0.101 e. The molecule has 1 aliphatic heterocycles. The zero-order valence-corrected chi connectivity index (χ0v) is 9.12. The summed E-state index contributed by atoms with van der Waals surface area (Å²) >= 11 is 5.80. The summed E-state index contributed by atoms with van der Waals surface area (Å²) in [5, 5.41) is 19.1. The van der Waals surface area contributed by atoms with Crippen LogP contribution in [0, 0.1) is 11.3 Å². The predicted octanol–water partition coefficient (Wildman–Crippen LogP) is 1.78. The van der Waals surface area contributed by atoms with Crippen molar-refractivity contribution in [2.45, 2.75) is 12.5 Å². The largest absolute Gasteiger partial charge is 0.386 e. The third-order valence-electron chi connectivity index (χ3n) is 2.48. The molecule has 3 nitrogen and oxygen atoms in total. The molecule has 1 aliphatic rings. The van der Waals surface area contributed by atoms with Crippen LogP contribution < -0.4 is 4.90 Å². The van der Waals surface area contributed by atoms with Crippen molar-refractivity contribution < 1.29 is 5.11 Å². The monoisotopic (exact) mass is 222 g/mol. The van der Waals surface area contributed by atoms with E-state index in [-0.39, 0.29) is 0 Å². The molecular weight excluding hydrogens is 212 g/mol. The molecule has 0 radical (unpaired) electrons. The highest BCUT2D eigenvalue weighted by Crippen LogP contribution is 2.31. The maximum atomic E-state index is 9.61. The normalized spacial score (nSPS) is 18.1. The first-order valence-corrected chi connectivity index (χ1v) is 5.07. The Morgan fingerprint density at radius 2 is 2.20 bits per heavy atom. The molecule has 0 atom stereocenters. The third kappa shape index (κ3) is 1.92. The Morgan fingerprint density at radius 1 is 1.53 bits per heavy atom. The maximum absolute atomic E-state index is 9.61. The van der Waals surface area contributed by atoms with Crippen LogP contribution in [-0.2, 0) is 0 Å². The number of β-amino-alcohol motifs (C(OH)–C–C–N with tert-alkyl or cyclic N) is 1. The van der Waals surface area contributed by atoms with Crippen LogP contribution in [0.1, 0.15) is 12.5 Å². The van der Waals surface area contributed by atoms with E-state index in [1.54, 1.807) is 19.1 Å². The van der Waals surface area contributed by atoms with Crippen LogP contribution in [0.15, 0.2) is 18.2 Å². The molecule has 1 fully saturated rings. The summed E-state index contributed by atoms with van der Waals surface area (Å²) in [6.45, 7) is 2.90. The number of benzene rings is 1. The Bertz CT molecular complexity index is 429. The van der Waals surface area contributed by atoms with Crippen LogP contribution in [0.2, 0.25) is 5.02 Å². The van der Waals surface area contributed by atoms with Gasteiger partial charge in [-0.25, -0.2) is 0 Å². The fourth-order valence-corrected chi connectivity index (χ4v) is 1.99. The first-order valence-electron chi connectivity index (χ1n) is 4.69. The van der Waals surface area contributed by atoms with E-state index in [4.69, 9.17) is 16.9 Å². The molecule has 0 amide bonds. The van der Waals surface area contributed by atoms with Crippen molar-refractivity contribution in [3.05, 3.63) is 28.8 Å². The quantitative estimate of drug-likeness (QED) is 0.788. The number of rotatable bonds is 1. The predicted molar refractivity (Wildman–Crippen MR) is 59.0 cm³/mol. The van der Waals surface area contributed by atoms with Crippen LogP contribution >= 0.6 is 11.6 Å². The molecule has 1 saturated heterocycles. The minimum atomic E-state index is -0.633. The Balaban J connectivity index is 2.27. The topological polar surface area (TPSA) is 47.3 Å². The second kappa shape index (κ2) is 3.41. The number of nitriles is 1. The van der Waals surface area contributed by atoms with Crippen LogP contribution in [0.25, 0.3) is 0 Å². The lowest BCUT2D eigenvalue weighted by molar-refractivity contribution is 0.0310. The molecular formula is C11H11ClN2O. The minimum Gasteiger partial charge on any atom is -0.386 e. The average molecular weight is 223 g/mol. The van der Waals surface area contributed by atoms with E-state index in [9.17, 15) is 5.11 Å². The molecule has 2 rings (SSSR count). The molecule has 0 aromatic heterocycles. The Kier molecular flexibility index (Phi) is 2.34. The summed E-state index contributed by atoms with van der Waals surface area (Å²) in [5.41, 5.74) is 0.762. The minimum absolute atomic E-state index is 0.554. The van der Waals surface area contributed by atoms with E-state index >= 15 is 0 Å². The molecule has 1 aromatic rings. The smallest absolute Gasteiger partial charge is 0.101 e. The molecule has 0 saturated carbocycles. The highest BCUT2D eigenvalue weighted by molar-refractivity contribution is 6.30. The van der Waals surface area contributed by atoms with Crippen LogP contribution in [-0.4, -0.2) is 23.8 Å². The summed E-state index contributed by atoms with van der Waals surface area (Å²) in [6, 6.07) is 7.32. The van der Waals surface area contributed by atoms with Gasteiger partial charge in [-0.05, 0) is 25.1 Å². The van der Waals surface area contributed by atoms with Gasteiger partial charge in [0.05, 0.1) is 16.9 Å². The van der Waals surface area contributed by atoms with Crippen molar-refractivity contribution >= 4 is 17.3 Å². The van der Waals surface area contributed by atoms with Gasteiger partial charge in [0.2, 0.25) is 0 Å². The van der Waals surface area contributed by atoms with Crippen LogP contribution in [0.5, 0.6) is 0 Å². The van der Waals surface area contributed by atoms with Crippen LogP contribution in [0.3, 0.4) is 0 Å². The number of anilines is 1. The molecule has 0 bridgehead atoms. The molecule has 1 aromatic carbocycles. The Labute approximate surface area is 93.5 Å². The van der Waals surface area contributed by atoms with Gasteiger partial charge < -0.3 is 10.0 Å². The van der Waals surface area contributed by atoms with Gasteiger partial charge in [-0.3, -0.25) is 0 Å². The summed E-state index contributed by atoms with van der Waals surface area (Å²) < 4.78 is 0. The van der Waals surface area contributed by atoms with Gasteiger partial charge in [0, 0.05) is 18.1 Å². The Morgan fingerprint density at radius 3 is 2.73 bits per heavy atom. The lowest BCUT2D eigenvalue weighted by Crippen LogP contribution is -2.60. The fraction of sp³-hybridized carbons (Fsp3) is 0.364. The summed E-state index contributed by atoms with van der Waals surface area (Å²) in [6.07, 6.45) is 0. The van der Waals surface area contributed by atoms with Crippen molar-refractivity contribution in [3.8, 4) is 6.07 Å². The second-order valence-corrected chi connectivity index (χ2v) is 4.56. The van der Waals surface area contributed by atoms with E-state index < -0.39 is 5.60 Å². The summed E-state index contributed by atoms with van der Waals surface area (Å²) in [5.74, 6) is 0. The van der Waals surface area contributed by atoms with Gasteiger partial charge in [0.25, 0.3) is 0 Å². The van der Waals surface area contributed by atoms with Crippen molar-refractivity contribution in [2.24, 2.45) is 0 Å². The molecule has 15 heavy (non-hydrogen) atoms. The number of halogens is 1. The summed E-state index contributed by atoms with van der Waals surface area (Å²) in [7, 11) is 0. The lowest BCUT2D eigenvalue weighted by atomic mass is 9.95. The molecule has 0 spiro atoms. The highest BCUT2D eigenvalue weighted by Gasteiger charge is 2.37. The van der Waals surface area contributed by atoms with Crippen molar-refractivity contribution in [1.82, 2.24) is 0 Å². The number of hydrogen-bond acceptors (Lipinski definition) is 3. The first-order chi connectivity index (χ1) is 7.02. The molecule has 0 aliphatic carbocycles. The second-order valence-electron chi connectivity index (χ2n) is 4.13. The van der Waals surface area contributed by atoms with Gasteiger partial charge in [-0.15, -0.1) is 0 Å². The van der Waals surface area contributed by atoms with E-state index in [0.29, 0.717) is 23.7 Å². The zero-order chi connectivity index (χ0) is 11.1. The van der Waals surface area contributed by atoms with E-state index in [1.165, 1.54) is 0 Å². The van der Waals surface area contributed by atoms with Gasteiger partial charge in [0.15, 0.2) is 0 Å². The standard InChI is InChI=1S/C11H11ClN2O/c1-11(15)6-14(7-11)10-3-2-9(12)4-8(10)5-13/h2-4,15H,6-7H2,1H3. The molecule has 78 valence electrons. The zero-order valence-electron chi connectivity index (χ0n) is 8.37. The van der Waals surface area contributed by atoms with Gasteiger partial charge >= 0.3 is 0 Å². The molecule has 1 heterocycles. The van der Waals surface area contributed by atoms with E-state index in [2.05, 4.69) is 6.07 Å². The van der Waals surface area contributed by atoms with Gasteiger partial charge in [-0.2, -0.15) is 5.26 Å². The van der Waals surface area contributed by atoms with Gasteiger partial charge in [0.1, 0.15) is 6.07 Å². The molecule has 1 N–H and O–H groups in total.